The Balaban J connectivity index is 2.40. The summed E-state index contributed by atoms with van der Waals surface area (Å²) in [6.45, 7) is 8.53. The summed E-state index contributed by atoms with van der Waals surface area (Å²) in [5.74, 6) is 1.71. The SMILES string of the molecule is CC(C)C(N)C(=O)NC1CCC(C)C(C)C1. The smallest absolute Gasteiger partial charge is 0.237 e. The van der Waals surface area contributed by atoms with Gasteiger partial charge in [-0.2, -0.15) is 0 Å². The molecule has 0 aliphatic heterocycles. The van der Waals surface area contributed by atoms with E-state index < -0.39 is 0 Å². The third kappa shape index (κ3) is 3.48. The molecule has 4 atom stereocenters. The molecule has 1 aliphatic carbocycles. The van der Waals surface area contributed by atoms with Crippen LogP contribution in [-0.4, -0.2) is 18.0 Å². The highest BCUT2D eigenvalue weighted by molar-refractivity contribution is 5.82. The summed E-state index contributed by atoms with van der Waals surface area (Å²) in [7, 11) is 0. The Morgan fingerprint density at radius 1 is 1.25 bits per heavy atom. The molecule has 4 unspecified atom stereocenters. The van der Waals surface area contributed by atoms with Crippen LogP contribution in [0.15, 0.2) is 0 Å². The number of hydrogen-bond donors (Lipinski definition) is 2. The number of carbonyl (C=O) groups is 1. The topological polar surface area (TPSA) is 55.1 Å². The molecule has 0 aromatic carbocycles. The van der Waals surface area contributed by atoms with E-state index in [0.717, 1.165) is 18.8 Å². The van der Waals surface area contributed by atoms with Crippen LogP contribution in [0.25, 0.3) is 0 Å². The van der Waals surface area contributed by atoms with E-state index in [2.05, 4.69) is 19.2 Å². The van der Waals surface area contributed by atoms with Crippen molar-refractivity contribution in [2.75, 3.05) is 0 Å². The van der Waals surface area contributed by atoms with Crippen LogP contribution in [0, 0.1) is 17.8 Å². The fraction of sp³-hybridized carbons (Fsp3) is 0.923. The van der Waals surface area contributed by atoms with Gasteiger partial charge in [0.15, 0.2) is 0 Å². The highest BCUT2D eigenvalue weighted by Crippen LogP contribution is 2.29. The summed E-state index contributed by atoms with van der Waals surface area (Å²) in [5, 5.41) is 3.09. The van der Waals surface area contributed by atoms with E-state index in [4.69, 9.17) is 5.73 Å². The zero-order chi connectivity index (χ0) is 12.3. The van der Waals surface area contributed by atoms with Crippen molar-refractivity contribution in [1.82, 2.24) is 5.32 Å². The van der Waals surface area contributed by atoms with Crippen molar-refractivity contribution in [3.63, 3.8) is 0 Å². The average Bonchev–Trinajstić information content (AvgIpc) is 2.22. The molecule has 1 amide bonds. The zero-order valence-corrected chi connectivity index (χ0v) is 11.0. The number of nitrogens with one attached hydrogen (secondary N) is 1. The van der Waals surface area contributed by atoms with Crippen molar-refractivity contribution in [1.29, 1.82) is 0 Å². The Bertz CT molecular complexity index is 240. The second-order valence-electron chi connectivity index (χ2n) is 5.74. The Hall–Kier alpha value is -0.570. The van der Waals surface area contributed by atoms with Gasteiger partial charge in [0, 0.05) is 6.04 Å². The van der Waals surface area contributed by atoms with E-state index in [1.807, 2.05) is 13.8 Å². The van der Waals surface area contributed by atoms with E-state index in [0.29, 0.717) is 12.0 Å². The number of carbonyl (C=O) groups excluding carboxylic acids is 1. The van der Waals surface area contributed by atoms with E-state index in [1.54, 1.807) is 0 Å². The lowest BCUT2D eigenvalue weighted by molar-refractivity contribution is -0.124. The minimum atomic E-state index is -0.366. The minimum absolute atomic E-state index is 0.0155. The molecule has 3 N–H and O–H groups in total. The maximum atomic E-state index is 11.8. The van der Waals surface area contributed by atoms with Crippen LogP contribution in [0.2, 0.25) is 0 Å². The molecule has 0 saturated heterocycles. The molecule has 0 spiro atoms. The van der Waals surface area contributed by atoms with Gasteiger partial charge in [0.2, 0.25) is 5.91 Å². The van der Waals surface area contributed by atoms with Crippen LogP contribution < -0.4 is 11.1 Å². The molecule has 1 rings (SSSR count). The van der Waals surface area contributed by atoms with Gasteiger partial charge in [0.1, 0.15) is 0 Å². The molecular weight excluding hydrogens is 200 g/mol. The molecule has 94 valence electrons. The molecule has 0 aromatic rings. The van der Waals surface area contributed by atoms with Crippen LogP contribution >= 0.6 is 0 Å². The first kappa shape index (κ1) is 13.5. The van der Waals surface area contributed by atoms with Crippen LogP contribution in [-0.2, 0) is 4.79 Å². The number of rotatable bonds is 3. The maximum absolute atomic E-state index is 11.8. The maximum Gasteiger partial charge on any atom is 0.237 e. The first-order valence-corrected chi connectivity index (χ1v) is 6.47. The summed E-state index contributed by atoms with van der Waals surface area (Å²) < 4.78 is 0. The van der Waals surface area contributed by atoms with Crippen LogP contribution in [0.3, 0.4) is 0 Å². The minimum Gasteiger partial charge on any atom is -0.352 e. The van der Waals surface area contributed by atoms with Gasteiger partial charge in [-0.05, 0) is 37.0 Å². The number of amides is 1. The second-order valence-corrected chi connectivity index (χ2v) is 5.74. The highest BCUT2D eigenvalue weighted by atomic mass is 16.2. The molecule has 1 aliphatic rings. The first-order valence-electron chi connectivity index (χ1n) is 6.47. The van der Waals surface area contributed by atoms with E-state index in [9.17, 15) is 4.79 Å². The van der Waals surface area contributed by atoms with E-state index >= 15 is 0 Å². The molecule has 16 heavy (non-hydrogen) atoms. The largest absolute Gasteiger partial charge is 0.352 e. The van der Waals surface area contributed by atoms with Crippen molar-refractivity contribution in [2.24, 2.45) is 23.5 Å². The molecular formula is C13H26N2O. The average molecular weight is 226 g/mol. The fourth-order valence-corrected chi connectivity index (χ4v) is 2.28. The van der Waals surface area contributed by atoms with Gasteiger partial charge in [-0.3, -0.25) is 4.79 Å². The lowest BCUT2D eigenvalue weighted by atomic mass is 9.79. The van der Waals surface area contributed by atoms with Gasteiger partial charge >= 0.3 is 0 Å². The van der Waals surface area contributed by atoms with Crippen molar-refractivity contribution in [3.05, 3.63) is 0 Å². The molecule has 1 fully saturated rings. The summed E-state index contributed by atoms with van der Waals surface area (Å²) in [4.78, 5) is 11.8. The second kappa shape index (κ2) is 5.67. The summed E-state index contributed by atoms with van der Waals surface area (Å²) >= 11 is 0. The zero-order valence-electron chi connectivity index (χ0n) is 11.0. The van der Waals surface area contributed by atoms with Gasteiger partial charge in [0.05, 0.1) is 6.04 Å². The Morgan fingerprint density at radius 3 is 2.38 bits per heavy atom. The third-order valence-corrected chi connectivity index (χ3v) is 3.97. The normalized spacial score (nSPS) is 32.5. The lowest BCUT2D eigenvalue weighted by Crippen LogP contribution is -2.49. The van der Waals surface area contributed by atoms with Gasteiger partial charge in [0.25, 0.3) is 0 Å². The Morgan fingerprint density at radius 2 is 1.88 bits per heavy atom. The fourth-order valence-electron chi connectivity index (χ4n) is 2.28. The van der Waals surface area contributed by atoms with Crippen molar-refractivity contribution in [3.8, 4) is 0 Å². The summed E-state index contributed by atoms with van der Waals surface area (Å²) in [6, 6.07) is -0.0295. The molecule has 0 aromatic heterocycles. The van der Waals surface area contributed by atoms with E-state index in [-0.39, 0.29) is 17.9 Å². The van der Waals surface area contributed by atoms with Crippen LogP contribution in [0.1, 0.15) is 47.0 Å². The van der Waals surface area contributed by atoms with Crippen LogP contribution in [0.5, 0.6) is 0 Å². The highest BCUT2D eigenvalue weighted by Gasteiger charge is 2.27. The van der Waals surface area contributed by atoms with Gasteiger partial charge < -0.3 is 11.1 Å². The number of nitrogens with two attached hydrogens (primary N) is 1. The first-order chi connectivity index (χ1) is 7.41. The standard InChI is InChI=1S/C13H26N2O/c1-8(2)12(14)13(16)15-11-6-5-9(3)10(4)7-11/h8-12H,5-7,14H2,1-4H3,(H,15,16). The lowest BCUT2D eigenvalue weighted by Gasteiger charge is -2.33. The quantitative estimate of drug-likeness (QED) is 0.772. The molecule has 3 nitrogen and oxygen atoms in total. The van der Waals surface area contributed by atoms with Crippen molar-refractivity contribution >= 4 is 5.91 Å². The molecule has 0 bridgehead atoms. The predicted molar refractivity (Wildman–Crippen MR) is 66.9 cm³/mol. The molecule has 0 radical (unpaired) electrons. The monoisotopic (exact) mass is 226 g/mol. The summed E-state index contributed by atoms with van der Waals surface area (Å²) in [6.07, 6.45) is 3.41. The third-order valence-electron chi connectivity index (χ3n) is 3.97. The Labute approximate surface area is 99.2 Å². The van der Waals surface area contributed by atoms with Gasteiger partial charge in [-0.15, -0.1) is 0 Å². The summed E-state index contributed by atoms with van der Waals surface area (Å²) in [5.41, 5.74) is 5.83. The molecule has 0 heterocycles. The van der Waals surface area contributed by atoms with Crippen LogP contribution in [0.4, 0.5) is 0 Å². The van der Waals surface area contributed by atoms with Gasteiger partial charge in [-0.25, -0.2) is 0 Å². The van der Waals surface area contributed by atoms with Crippen molar-refractivity contribution < 1.29 is 4.79 Å². The molecule has 1 saturated carbocycles. The Kier molecular flexibility index (Phi) is 4.78. The molecule has 3 heteroatoms. The number of hydrogen-bond acceptors (Lipinski definition) is 2. The van der Waals surface area contributed by atoms with Crippen molar-refractivity contribution in [2.45, 2.75) is 59.0 Å². The predicted octanol–water partition coefficient (Wildman–Crippen LogP) is 1.91. The van der Waals surface area contributed by atoms with E-state index in [1.165, 1.54) is 6.42 Å². The van der Waals surface area contributed by atoms with Gasteiger partial charge in [-0.1, -0.05) is 27.7 Å².